The Labute approximate surface area is 393 Å². The average molecular weight is 932 g/mol. The number of rotatable bonds is 20. The zero-order chi connectivity index (χ0) is 50.4. The maximum Gasteiger partial charge on any atom is 0.220 e. The molecule has 10 unspecified atom stereocenters. The molecule has 0 saturated carbocycles. The molecule has 8 bridgehead atoms. The highest BCUT2D eigenvalue weighted by Crippen LogP contribution is 2.62. The van der Waals surface area contributed by atoms with Gasteiger partial charge in [-0.15, -0.1) is 0 Å². The molecule has 0 radical (unpaired) electrons. The van der Waals surface area contributed by atoms with E-state index in [2.05, 4.69) is 10.6 Å². The molecule has 5 rings (SSSR count). The van der Waals surface area contributed by atoms with E-state index in [1.165, 1.54) is 0 Å². The number of carbonyl (C=O) groups excluding carboxylic acids is 7. The van der Waals surface area contributed by atoms with Crippen molar-refractivity contribution >= 4 is 58.5 Å². The van der Waals surface area contributed by atoms with Crippen molar-refractivity contribution in [1.29, 1.82) is 0 Å². The number of carbonyl (C=O) groups is 7. The van der Waals surface area contributed by atoms with Gasteiger partial charge in [0.05, 0.1) is 17.7 Å². The van der Waals surface area contributed by atoms with E-state index in [0.29, 0.717) is 51.8 Å². The molecule has 15 N–H and O–H groups in total. The van der Waals surface area contributed by atoms with E-state index in [9.17, 15) is 38.7 Å². The van der Waals surface area contributed by atoms with Crippen LogP contribution in [-0.4, -0.2) is 87.8 Å². The molecular weight excluding hydrogens is 859 g/mol. The molecule has 0 aromatic heterocycles. The number of aliphatic hydroxyl groups is 1. The van der Waals surface area contributed by atoms with Crippen LogP contribution in [0.5, 0.6) is 0 Å². The summed E-state index contributed by atoms with van der Waals surface area (Å²) >= 11 is 0. The van der Waals surface area contributed by atoms with E-state index in [0.717, 1.165) is 0 Å². The number of aliphatic hydroxyl groups excluding tert-OH is 1. The third kappa shape index (κ3) is 9.84. The van der Waals surface area contributed by atoms with Gasteiger partial charge in [0, 0.05) is 131 Å². The third-order valence-corrected chi connectivity index (χ3v) is 16.1. The smallest absolute Gasteiger partial charge is 0.220 e. The number of amides is 7. The first-order valence-corrected chi connectivity index (χ1v) is 23.3. The molecule has 7 amide bonds. The van der Waals surface area contributed by atoms with Gasteiger partial charge < -0.3 is 50.1 Å². The Hall–Kier alpha value is -5.72. The number of hydrogen-bond acceptors (Lipinski definition) is 12. The predicted octanol–water partition coefficient (Wildman–Crippen LogP) is 1.74. The highest BCUT2D eigenvalue weighted by molar-refractivity contribution is 6.10. The van der Waals surface area contributed by atoms with E-state index in [4.69, 9.17) is 49.4 Å². The van der Waals surface area contributed by atoms with Crippen LogP contribution in [0.2, 0.25) is 0 Å². The monoisotopic (exact) mass is 932 g/mol. The molecular formula is C48H73N11O8. The van der Waals surface area contributed by atoms with Crippen LogP contribution < -0.4 is 45.0 Å². The summed E-state index contributed by atoms with van der Waals surface area (Å²) in [4.78, 5) is 108. The summed E-state index contributed by atoms with van der Waals surface area (Å²) in [5.74, 6) is -6.25. The second-order valence-corrected chi connectivity index (χ2v) is 21.2. The average Bonchev–Trinajstić information content (AvgIpc) is 3.80. The molecule has 67 heavy (non-hydrogen) atoms. The van der Waals surface area contributed by atoms with Crippen molar-refractivity contribution < 1.29 is 38.7 Å². The first kappa shape index (κ1) is 52.3. The Bertz CT molecular complexity index is 2310. The molecule has 368 valence electrons. The van der Waals surface area contributed by atoms with Gasteiger partial charge >= 0.3 is 0 Å². The number of allylic oxidation sites excluding steroid dienone is 6. The van der Waals surface area contributed by atoms with Gasteiger partial charge in [0.2, 0.25) is 41.4 Å². The van der Waals surface area contributed by atoms with Crippen LogP contribution in [-0.2, 0) is 33.6 Å². The van der Waals surface area contributed by atoms with Crippen LogP contribution in [0.4, 0.5) is 0 Å². The molecule has 5 heterocycles. The molecule has 0 aromatic rings. The first-order chi connectivity index (χ1) is 30.9. The number of nitrogens with two attached hydrogens (primary N) is 6. The van der Waals surface area contributed by atoms with Crippen molar-refractivity contribution in [2.75, 3.05) is 6.54 Å². The van der Waals surface area contributed by atoms with Crippen LogP contribution in [0.3, 0.4) is 0 Å². The van der Waals surface area contributed by atoms with Crippen LogP contribution >= 0.6 is 0 Å². The molecule has 5 aliphatic heterocycles. The number of fused-ring (bicyclic) bond motifs is 6. The van der Waals surface area contributed by atoms with E-state index >= 15 is 0 Å². The van der Waals surface area contributed by atoms with Crippen molar-refractivity contribution in [2.45, 2.75) is 151 Å². The highest BCUT2D eigenvalue weighted by atomic mass is 16.3. The maximum atomic E-state index is 13.5. The first-order valence-electron chi connectivity index (χ1n) is 23.3. The Kier molecular flexibility index (Phi) is 14.9. The SMILES string of the molecule is C/C1=C2N=C(/C=C3\N/C(=C(/C)C4=NC(C)(C5N=C1C(C)(CCC(=O)NCC(C)O)C5CC(N)=O)C(C)(CC(N)=O)C4CCC(N)=O)C(C)(CC(N)=O)C3CCC(N)=O)C(C)(C)C/2CCC(N)=O. The molecule has 5 aliphatic rings. The standard InChI is InChI=1S/C48H73N11O8/c1-23(60)22-55-38(67)16-17-45(6)29(18-35(52)64)43-48(9)47(8,21-37(54)66)28(12-15-34(51)63)40(59-48)25(3)42-46(7,20-36(53)65)26(10-13-32(49)61)30(56-42)19-31-44(4,5)27(11-14-33(50)62)39(57-31)24(2)41(45)58-43/h19,23,26-29,43,56,60H,10-18,20-22H2,1-9H3,(H2,49,61)(H2,50,62)(H2,51,63)(H2,52,64)(H2,53,65)(H2,54,66)(H,55,67)/b30-19-,39-24-,42-25-. The summed E-state index contributed by atoms with van der Waals surface area (Å²) in [6.07, 6.45) is 1.23. The van der Waals surface area contributed by atoms with Gasteiger partial charge in [-0.1, -0.05) is 34.6 Å². The predicted molar refractivity (Wildman–Crippen MR) is 254 cm³/mol. The fourth-order valence-corrected chi connectivity index (χ4v) is 12.3. The minimum Gasteiger partial charge on any atom is -0.392 e. The summed E-state index contributed by atoms with van der Waals surface area (Å²) in [6, 6.07) is -0.913. The van der Waals surface area contributed by atoms with Crippen molar-refractivity contribution in [3.8, 4) is 0 Å². The number of nitrogens with zero attached hydrogens (tertiary/aromatic N) is 3. The second-order valence-electron chi connectivity index (χ2n) is 21.2. The maximum absolute atomic E-state index is 13.5. The molecule has 0 spiro atoms. The normalized spacial score (nSPS) is 35.2. The van der Waals surface area contributed by atoms with Gasteiger partial charge in [-0.3, -0.25) is 48.5 Å². The van der Waals surface area contributed by atoms with Gasteiger partial charge in [0.25, 0.3) is 0 Å². The molecule has 0 aromatic carbocycles. The Balaban J connectivity index is 2.00. The fourth-order valence-electron chi connectivity index (χ4n) is 12.3. The second kappa shape index (κ2) is 19.1. The van der Waals surface area contributed by atoms with Crippen molar-refractivity contribution in [3.05, 3.63) is 34.3 Å². The lowest BCUT2D eigenvalue weighted by Gasteiger charge is -2.48. The van der Waals surface area contributed by atoms with Crippen molar-refractivity contribution in [2.24, 2.45) is 94.7 Å². The van der Waals surface area contributed by atoms with Crippen molar-refractivity contribution in [1.82, 2.24) is 10.6 Å². The van der Waals surface area contributed by atoms with Gasteiger partial charge in [-0.25, -0.2) is 0 Å². The summed E-state index contributed by atoms with van der Waals surface area (Å²) in [5, 5.41) is 16.4. The van der Waals surface area contributed by atoms with E-state index in [1.54, 1.807) is 6.92 Å². The van der Waals surface area contributed by atoms with Crippen molar-refractivity contribution in [3.63, 3.8) is 0 Å². The van der Waals surface area contributed by atoms with Gasteiger partial charge in [0.15, 0.2) is 0 Å². The highest BCUT2D eigenvalue weighted by Gasteiger charge is 2.66. The Morgan fingerprint density at radius 3 is 1.81 bits per heavy atom. The van der Waals surface area contributed by atoms with Gasteiger partial charge in [-0.05, 0) is 70.6 Å². The van der Waals surface area contributed by atoms with E-state index < -0.39 is 98.5 Å². The number of primary amides is 6. The van der Waals surface area contributed by atoms with Crippen LogP contribution in [0.25, 0.3) is 0 Å². The lowest BCUT2D eigenvalue weighted by Crippen LogP contribution is -2.56. The summed E-state index contributed by atoms with van der Waals surface area (Å²) < 4.78 is 0. The minimum atomic E-state index is -1.39. The largest absolute Gasteiger partial charge is 0.392 e. The number of nitrogens with one attached hydrogen (secondary N) is 2. The summed E-state index contributed by atoms with van der Waals surface area (Å²) in [6.45, 7) is 16.9. The van der Waals surface area contributed by atoms with Crippen LogP contribution in [0.1, 0.15) is 133 Å². The summed E-state index contributed by atoms with van der Waals surface area (Å²) in [7, 11) is 0. The minimum absolute atomic E-state index is 0.0237. The number of hydrogen-bond donors (Lipinski definition) is 9. The lowest BCUT2D eigenvalue weighted by atomic mass is 9.55. The molecule has 0 aliphatic carbocycles. The molecule has 10 atom stereocenters. The third-order valence-electron chi connectivity index (χ3n) is 16.1. The zero-order valence-electron chi connectivity index (χ0n) is 40.6. The van der Waals surface area contributed by atoms with E-state index in [-0.39, 0.29) is 76.7 Å². The zero-order valence-corrected chi connectivity index (χ0v) is 40.6. The number of aliphatic imine (C=N–C) groups is 3. The van der Waals surface area contributed by atoms with Crippen LogP contribution in [0.15, 0.2) is 49.3 Å². The quantitative estimate of drug-likeness (QED) is 0.0857. The lowest BCUT2D eigenvalue weighted by molar-refractivity contribution is -0.124. The van der Waals surface area contributed by atoms with Gasteiger partial charge in [0.1, 0.15) is 0 Å². The Morgan fingerprint density at radius 1 is 0.731 bits per heavy atom. The van der Waals surface area contributed by atoms with E-state index in [1.807, 2.05) is 61.5 Å². The molecule has 19 nitrogen and oxygen atoms in total. The molecule has 1 saturated heterocycles. The fraction of sp³-hybridized carbons (Fsp3) is 0.667. The topological polar surface area (TPSA) is 357 Å². The Morgan fingerprint density at radius 2 is 1.28 bits per heavy atom. The molecule has 1 fully saturated rings. The van der Waals surface area contributed by atoms with Crippen LogP contribution in [0, 0.1) is 45.3 Å². The van der Waals surface area contributed by atoms with Gasteiger partial charge in [-0.2, -0.15) is 0 Å². The summed E-state index contributed by atoms with van der Waals surface area (Å²) in [5.41, 5.74) is 34.9. The molecule has 19 heteroatoms.